The minimum absolute atomic E-state index is 0.206. The molecule has 0 unspecified atom stereocenters. The van der Waals surface area contributed by atoms with Gasteiger partial charge in [0, 0.05) is 18.7 Å². The van der Waals surface area contributed by atoms with Gasteiger partial charge in [-0.3, -0.25) is 4.79 Å². The van der Waals surface area contributed by atoms with Crippen LogP contribution in [0.5, 0.6) is 0 Å². The second kappa shape index (κ2) is 12.2. The maximum atomic E-state index is 12.8. The van der Waals surface area contributed by atoms with E-state index in [1.165, 1.54) is 37.7 Å². The van der Waals surface area contributed by atoms with Crippen molar-refractivity contribution in [2.24, 2.45) is 0 Å². The van der Waals surface area contributed by atoms with Gasteiger partial charge < -0.3 is 4.90 Å². The van der Waals surface area contributed by atoms with E-state index >= 15 is 0 Å². The predicted octanol–water partition coefficient (Wildman–Crippen LogP) is 5.85. The molecule has 0 aromatic heterocycles. The molecule has 0 aliphatic carbocycles. The van der Waals surface area contributed by atoms with Gasteiger partial charge in [-0.1, -0.05) is 65.0 Å². The molecule has 1 amide bonds. The second-order valence-electron chi connectivity index (χ2n) is 6.51. The number of hydrogen-bond donors (Lipinski definition) is 0. The van der Waals surface area contributed by atoms with E-state index in [0.29, 0.717) is 0 Å². The summed E-state index contributed by atoms with van der Waals surface area (Å²) in [5.41, 5.74) is 2.18. The third kappa shape index (κ3) is 7.67. The molecular weight excluding hydrogens is 282 g/mol. The largest absolute Gasteiger partial charge is 0.339 e. The van der Waals surface area contributed by atoms with Crippen molar-refractivity contribution in [2.45, 2.75) is 78.6 Å². The zero-order valence-electron chi connectivity index (χ0n) is 15.4. The fraction of sp³-hybridized carbons (Fsp3) is 0.667. The van der Waals surface area contributed by atoms with Crippen molar-refractivity contribution in [2.75, 3.05) is 13.1 Å². The van der Waals surface area contributed by atoms with Crippen LogP contribution in [0.1, 0.15) is 88.1 Å². The Bertz CT molecular complexity index is 424. The highest BCUT2D eigenvalue weighted by Gasteiger charge is 2.14. The lowest BCUT2D eigenvalue weighted by molar-refractivity contribution is 0.0750. The molecule has 1 aromatic rings. The van der Waals surface area contributed by atoms with Crippen molar-refractivity contribution < 1.29 is 4.79 Å². The van der Waals surface area contributed by atoms with Crippen LogP contribution >= 0.6 is 0 Å². The Morgan fingerprint density at radius 3 is 2.00 bits per heavy atom. The smallest absolute Gasteiger partial charge is 0.253 e. The number of aryl methyl sites for hydroxylation is 1. The summed E-state index contributed by atoms with van der Waals surface area (Å²) in [4.78, 5) is 14.8. The zero-order valence-corrected chi connectivity index (χ0v) is 15.4. The molecule has 0 saturated carbocycles. The van der Waals surface area contributed by atoms with Crippen LogP contribution in [0.4, 0.5) is 0 Å². The molecule has 23 heavy (non-hydrogen) atoms. The predicted molar refractivity (Wildman–Crippen MR) is 100 cm³/mol. The SMILES string of the molecule is CCCCCCN(CCCC)C(=O)c1ccc(CCCC)cc1. The Labute approximate surface area is 143 Å². The Balaban J connectivity index is 2.62. The molecule has 130 valence electrons. The summed E-state index contributed by atoms with van der Waals surface area (Å²) in [7, 11) is 0. The average Bonchev–Trinajstić information content (AvgIpc) is 2.59. The van der Waals surface area contributed by atoms with Gasteiger partial charge in [0.15, 0.2) is 0 Å². The van der Waals surface area contributed by atoms with Crippen LogP contribution in [0.25, 0.3) is 0 Å². The summed E-state index contributed by atoms with van der Waals surface area (Å²) in [6, 6.07) is 8.27. The fourth-order valence-corrected chi connectivity index (χ4v) is 2.77. The molecular formula is C21H35NO. The monoisotopic (exact) mass is 317 g/mol. The third-order valence-corrected chi connectivity index (χ3v) is 4.37. The van der Waals surface area contributed by atoms with E-state index in [0.717, 1.165) is 44.3 Å². The van der Waals surface area contributed by atoms with Gasteiger partial charge in [-0.25, -0.2) is 0 Å². The Kier molecular flexibility index (Phi) is 10.4. The van der Waals surface area contributed by atoms with E-state index in [2.05, 4.69) is 37.8 Å². The van der Waals surface area contributed by atoms with Crippen LogP contribution in [0.15, 0.2) is 24.3 Å². The molecule has 0 bridgehead atoms. The summed E-state index contributed by atoms with van der Waals surface area (Å²) in [6.45, 7) is 8.40. The van der Waals surface area contributed by atoms with Gasteiger partial charge in [-0.05, 0) is 43.4 Å². The third-order valence-electron chi connectivity index (χ3n) is 4.37. The summed E-state index contributed by atoms with van der Waals surface area (Å²) in [5.74, 6) is 0.206. The van der Waals surface area contributed by atoms with Gasteiger partial charge in [-0.15, -0.1) is 0 Å². The van der Waals surface area contributed by atoms with E-state index in [1.54, 1.807) is 0 Å². The average molecular weight is 318 g/mol. The standard InChI is InChI=1S/C21H35NO/c1-4-7-10-11-18-22(17-9-6-3)21(23)20-15-13-19(14-16-20)12-8-5-2/h13-16H,4-12,17-18H2,1-3H3. The van der Waals surface area contributed by atoms with Crippen LogP contribution in [-0.2, 0) is 6.42 Å². The second-order valence-corrected chi connectivity index (χ2v) is 6.51. The van der Waals surface area contributed by atoms with Gasteiger partial charge in [0.25, 0.3) is 5.91 Å². The number of benzene rings is 1. The minimum atomic E-state index is 0.206. The molecule has 0 aliphatic heterocycles. The molecule has 1 aromatic carbocycles. The van der Waals surface area contributed by atoms with Crippen molar-refractivity contribution in [3.8, 4) is 0 Å². The number of hydrogen-bond acceptors (Lipinski definition) is 1. The quantitative estimate of drug-likeness (QED) is 0.443. The van der Waals surface area contributed by atoms with Crippen LogP contribution in [-0.4, -0.2) is 23.9 Å². The lowest BCUT2D eigenvalue weighted by Gasteiger charge is -2.23. The molecule has 2 nitrogen and oxygen atoms in total. The molecule has 0 spiro atoms. The van der Waals surface area contributed by atoms with Crippen molar-refractivity contribution in [3.05, 3.63) is 35.4 Å². The van der Waals surface area contributed by atoms with Gasteiger partial charge >= 0.3 is 0 Å². The summed E-state index contributed by atoms with van der Waals surface area (Å²) in [6.07, 6.45) is 10.6. The number of nitrogens with zero attached hydrogens (tertiary/aromatic N) is 1. The van der Waals surface area contributed by atoms with E-state index in [1.807, 2.05) is 12.1 Å². The lowest BCUT2D eigenvalue weighted by Crippen LogP contribution is -2.33. The number of unbranched alkanes of at least 4 members (excludes halogenated alkanes) is 5. The van der Waals surface area contributed by atoms with Gasteiger partial charge in [-0.2, -0.15) is 0 Å². The van der Waals surface area contributed by atoms with Crippen molar-refractivity contribution in [1.82, 2.24) is 4.90 Å². The number of rotatable bonds is 12. The number of carbonyl (C=O) groups excluding carboxylic acids is 1. The van der Waals surface area contributed by atoms with Crippen molar-refractivity contribution >= 4 is 5.91 Å². The lowest BCUT2D eigenvalue weighted by atomic mass is 10.1. The first-order valence-electron chi connectivity index (χ1n) is 9.61. The highest BCUT2D eigenvalue weighted by molar-refractivity contribution is 5.94. The van der Waals surface area contributed by atoms with Crippen LogP contribution < -0.4 is 0 Å². The zero-order chi connectivity index (χ0) is 16.9. The molecule has 0 fully saturated rings. The summed E-state index contributed by atoms with van der Waals surface area (Å²) >= 11 is 0. The normalized spacial score (nSPS) is 10.7. The first-order chi connectivity index (χ1) is 11.2. The topological polar surface area (TPSA) is 20.3 Å². The maximum Gasteiger partial charge on any atom is 0.253 e. The Morgan fingerprint density at radius 1 is 0.783 bits per heavy atom. The molecule has 0 heterocycles. The Morgan fingerprint density at radius 2 is 1.39 bits per heavy atom. The first kappa shape index (κ1) is 19.7. The van der Waals surface area contributed by atoms with E-state index in [-0.39, 0.29) is 5.91 Å². The molecule has 0 radical (unpaired) electrons. The van der Waals surface area contributed by atoms with Crippen molar-refractivity contribution in [3.63, 3.8) is 0 Å². The van der Waals surface area contributed by atoms with Crippen LogP contribution in [0, 0.1) is 0 Å². The van der Waals surface area contributed by atoms with E-state index in [4.69, 9.17) is 0 Å². The highest BCUT2D eigenvalue weighted by Crippen LogP contribution is 2.12. The van der Waals surface area contributed by atoms with Crippen molar-refractivity contribution in [1.29, 1.82) is 0 Å². The summed E-state index contributed by atoms with van der Waals surface area (Å²) in [5, 5.41) is 0. The van der Waals surface area contributed by atoms with Crippen LogP contribution in [0.2, 0.25) is 0 Å². The molecule has 1 rings (SSSR count). The van der Waals surface area contributed by atoms with Gasteiger partial charge in [0.2, 0.25) is 0 Å². The van der Waals surface area contributed by atoms with Gasteiger partial charge in [0.05, 0.1) is 0 Å². The molecule has 0 aliphatic rings. The Hall–Kier alpha value is -1.31. The summed E-state index contributed by atoms with van der Waals surface area (Å²) < 4.78 is 0. The van der Waals surface area contributed by atoms with Crippen LogP contribution in [0.3, 0.4) is 0 Å². The molecule has 0 atom stereocenters. The minimum Gasteiger partial charge on any atom is -0.339 e. The molecule has 0 saturated heterocycles. The highest BCUT2D eigenvalue weighted by atomic mass is 16.2. The number of amides is 1. The van der Waals surface area contributed by atoms with E-state index < -0.39 is 0 Å². The maximum absolute atomic E-state index is 12.8. The fourth-order valence-electron chi connectivity index (χ4n) is 2.77. The van der Waals surface area contributed by atoms with E-state index in [9.17, 15) is 4.79 Å². The molecule has 0 N–H and O–H groups in total. The molecule has 2 heteroatoms. The first-order valence-corrected chi connectivity index (χ1v) is 9.61. The van der Waals surface area contributed by atoms with Gasteiger partial charge in [0.1, 0.15) is 0 Å². The number of carbonyl (C=O) groups is 1.